The summed E-state index contributed by atoms with van der Waals surface area (Å²) in [6, 6.07) is 13.1. The third-order valence-electron chi connectivity index (χ3n) is 3.30. The molecule has 1 aromatic heterocycles. The third kappa shape index (κ3) is 4.16. The lowest BCUT2D eigenvalue weighted by Crippen LogP contribution is -2.23. The predicted molar refractivity (Wildman–Crippen MR) is 91.8 cm³/mol. The fourth-order valence-corrected chi connectivity index (χ4v) is 3.35. The molecule has 3 aromatic rings. The molecule has 1 heterocycles. The zero-order chi connectivity index (χ0) is 17.9. The summed E-state index contributed by atoms with van der Waals surface area (Å²) in [5, 5.41) is 8.11. The van der Waals surface area contributed by atoms with Crippen LogP contribution in [0.2, 0.25) is 5.02 Å². The first-order valence-electron chi connectivity index (χ1n) is 7.20. The summed E-state index contributed by atoms with van der Waals surface area (Å²) in [5.41, 5.74) is 0.677. The molecule has 7 nitrogen and oxygen atoms in total. The van der Waals surface area contributed by atoms with Crippen LogP contribution in [0.25, 0.3) is 11.5 Å². The van der Waals surface area contributed by atoms with Gasteiger partial charge in [0.2, 0.25) is 21.8 Å². The van der Waals surface area contributed by atoms with Gasteiger partial charge in [-0.15, -0.1) is 10.2 Å². The average Bonchev–Trinajstić information content (AvgIpc) is 3.09. The maximum Gasteiger partial charge on any atom is 0.247 e. The van der Waals surface area contributed by atoms with E-state index in [2.05, 4.69) is 14.9 Å². The number of sulfonamides is 1. The highest BCUT2D eigenvalue weighted by Crippen LogP contribution is 2.22. The molecule has 130 valence electrons. The summed E-state index contributed by atoms with van der Waals surface area (Å²) < 4.78 is 37.5. The summed E-state index contributed by atoms with van der Waals surface area (Å²) in [5.74, 6) is 1.07. The van der Waals surface area contributed by atoms with E-state index in [0.29, 0.717) is 16.3 Å². The number of nitrogens with zero attached hydrogens (tertiary/aromatic N) is 2. The van der Waals surface area contributed by atoms with Crippen LogP contribution in [0, 0.1) is 0 Å². The number of ether oxygens (including phenoxy) is 1. The van der Waals surface area contributed by atoms with Crippen molar-refractivity contribution >= 4 is 21.6 Å². The molecule has 0 atom stereocenters. The van der Waals surface area contributed by atoms with Gasteiger partial charge in [0.05, 0.1) is 18.6 Å². The lowest BCUT2D eigenvalue weighted by molar-refractivity contribution is 0.414. The summed E-state index contributed by atoms with van der Waals surface area (Å²) in [7, 11) is -2.17. The van der Waals surface area contributed by atoms with Crippen LogP contribution < -0.4 is 9.46 Å². The van der Waals surface area contributed by atoms with Crippen molar-refractivity contribution < 1.29 is 17.6 Å². The van der Waals surface area contributed by atoms with Crippen molar-refractivity contribution in [3.05, 3.63) is 59.4 Å². The van der Waals surface area contributed by atoms with Crippen LogP contribution in [0.5, 0.6) is 5.75 Å². The maximum absolute atomic E-state index is 12.2. The lowest BCUT2D eigenvalue weighted by Gasteiger charge is -2.04. The number of rotatable bonds is 6. The molecule has 0 saturated heterocycles. The van der Waals surface area contributed by atoms with Crippen molar-refractivity contribution in [1.29, 1.82) is 0 Å². The zero-order valence-electron chi connectivity index (χ0n) is 13.1. The number of nitrogens with one attached hydrogen (secondary N) is 1. The summed E-state index contributed by atoms with van der Waals surface area (Å²) in [6.07, 6.45) is 0. The van der Waals surface area contributed by atoms with Gasteiger partial charge in [-0.1, -0.05) is 23.7 Å². The topological polar surface area (TPSA) is 94.3 Å². The highest BCUT2D eigenvalue weighted by molar-refractivity contribution is 7.89. The second-order valence-corrected chi connectivity index (χ2v) is 7.22. The van der Waals surface area contributed by atoms with Crippen molar-refractivity contribution in [3.8, 4) is 17.2 Å². The molecule has 9 heteroatoms. The Labute approximate surface area is 149 Å². The van der Waals surface area contributed by atoms with Gasteiger partial charge in [-0.3, -0.25) is 0 Å². The van der Waals surface area contributed by atoms with Crippen LogP contribution in [-0.2, 0) is 16.6 Å². The molecule has 1 N–H and O–H groups in total. The first-order chi connectivity index (χ1) is 12.0. The number of benzene rings is 2. The van der Waals surface area contributed by atoms with Gasteiger partial charge in [-0.25, -0.2) is 13.1 Å². The number of methoxy groups -OCH3 is 1. The molecule has 0 bridgehead atoms. The number of aromatic nitrogens is 2. The van der Waals surface area contributed by atoms with Crippen LogP contribution in [0.1, 0.15) is 5.89 Å². The fourth-order valence-electron chi connectivity index (χ4n) is 2.07. The number of hydrogen-bond donors (Lipinski definition) is 1. The molecule has 25 heavy (non-hydrogen) atoms. The Bertz CT molecular complexity index is 988. The Kier molecular flexibility index (Phi) is 5.03. The maximum atomic E-state index is 12.2. The second kappa shape index (κ2) is 7.22. The minimum atomic E-state index is -3.73. The number of halogens is 1. The van der Waals surface area contributed by atoms with E-state index in [9.17, 15) is 8.42 Å². The summed E-state index contributed by atoms with van der Waals surface area (Å²) in [4.78, 5) is 0.0625. The highest BCUT2D eigenvalue weighted by Gasteiger charge is 2.16. The molecule has 0 spiro atoms. The second-order valence-electron chi connectivity index (χ2n) is 5.01. The predicted octanol–water partition coefficient (Wildman–Crippen LogP) is 2.88. The van der Waals surface area contributed by atoms with E-state index in [1.165, 1.54) is 12.1 Å². The molecule has 0 unspecified atom stereocenters. The van der Waals surface area contributed by atoms with E-state index in [-0.39, 0.29) is 23.2 Å². The van der Waals surface area contributed by atoms with Crippen molar-refractivity contribution in [3.63, 3.8) is 0 Å². The van der Waals surface area contributed by atoms with Gasteiger partial charge in [-0.2, -0.15) is 0 Å². The molecule has 0 aliphatic rings. The smallest absolute Gasteiger partial charge is 0.247 e. The van der Waals surface area contributed by atoms with Crippen LogP contribution in [-0.4, -0.2) is 25.7 Å². The van der Waals surface area contributed by atoms with Gasteiger partial charge in [0.25, 0.3) is 0 Å². The Morgan fingerprint density at radius 2 is 1.96 bits per heavy atom. The average molecular weight is 380 g/mol. The molecule has 3 rings (SSSR count). The quantitative estimate of drug-likeness (QED) is 0.707. The van der Waals surface area contributed by atoms with Crippen LogP contribution in [0.4, 0.5) is 0 Å². The third-order valence-corrected chi connectivity index (χ3v) is 4.94. The van der Waals surface area contributed by atoms with Crippen molar-refractivity contribution in [2.24, 2.45) is 0 Å². The fraction of sp³-hybridized carbons (Fsp3) is 0.125. The molecule has 0 fully saturated rings. The molecule has 0 amide bonds. The largest absolute Gasteiger partial charge is 0.497 e. The Balaban J connectivity index is 1.73. The van der Waals surface area contributed by atoms with Gasteiger partial charge < -0.3 is 9.15 Å². The van der Waals surface area contributed by atoms with Crippen molar-refractivity contribution in [1.82, 2.24) is 14.9 Å². The molecular formula is C16H14ClN3O4S. The molecular weight excluding hydrogens is 366 g/mol. The first-order valence-corrected chi connectivity index (χ1v) is 9.06. The normalized spacial score (nSPS) is 11.4. The first kappa shape index (κ1) is 17.4. The lowest BCUT2D eigenvalue weighted by atomic mass is 10.2. The van der Waals surface area contributed by atoms with E-state index < -0.39 is 10.0 Å². The van der Waals surface area contributed by atoms with Gasteiger partial charge in [0.1, 0.15) is 5.75 Å². The minimum absolute atomic E-state index is 0.0625. The van der Waals surface area contributed by atoms with Crippen molar-refractivity contribution in [2.45, 2.75) is 11.4 Å². The Morgan fingerprint density at radius 1 is 1.16 bits per heavy atom. The molecule has 0 saturated carbocycles. The van der Waals surface area contributed by atoms with E-state index in [0.717, 1.165) is 0 Å². The van der Waals surface area contributed by atoms with Gasteiger partial charge in [-0.05, 0) is 36.4 Å². The van der Waals surface area contributed by atoms with Crippen LogP contribution in [0.15, 0.2) is 57.8 Å². The summed E-state index contributed by atoms with van der Waals surface area (Å²) >= 11 is 5.82. The SMILES string of the molecule is COc1cccc(-c2nnc(CNS(=O)(=O)c3cccc(Cl)c3)o2)c1. The van der Waals surface area contributed by atoms with Gasteiger partial charge in [0.15, 0.2) is 0 Å². The zero-order valence-corrected chi connectivity index (χ0v) is 14.7. The van der Waals surface area contributed by atoms with Crippen LogP contribution in [0.3, 0.4) is 0 Å². The monoisotopic (exact) mass is 379 g/mol. The molecule has 2 aromatic carbocycles. The van der Waals surface area contributed by atoms with E-state index in [4.69, 9.17) is 20.8 Å². The molecule has 0 aliphatic heterocycles. The van der Waals surface area contributed by atoms with Crippen LogP contribution >= 0.6 is 11.6 Å². The Morgan fingerprint density at radius 3 is 2.72 bits per heavy atom. The standard InChI is InChI=1S/C16H14ClN3O4S/c1-23-13-6-2-4-11(8-13)16-20-19-15(24-16)10-18-25(21,22)14-7-3-5-12(17)9-14/h2-9,18H,10H2,1H3. The van der Waals surface area contributed by atoms with Gasteiger partial charge in [0, 0.05) is 10.6 Å². The van der Waals surface area contributed by atoms with Crippen molar-refractivity contribution in [2.75, 3.05) is 7.11 Å². The van der Waals surface area contributed by atoms with E-state index in [1.807, 2.05) is 0 Å². The number of hydrogen-bond acceptors (Lipinski definition) is 6. The van der Waals surface area contributed by atoms with E-state index in [1.54, 1.807) is 43.5 Å². The van der Waals surface area contributed by atoms with E-state index >= 15 is 0 Å². The molecule has 0 radical (unpaired) electrons. The highest BCUT2D eigenvalue weighted by atomic mass is 35.5. The molecule has 0 aliphatic carbocycles. The Hall–Kier alpha value is -2.42. The van der Waals surface area contributed by atoms with Gasteiger partial charge >= 0.3 is 0 Å². The minimum Gasteiger partial charge on any atom is -0.497 e. The summed E-state index contributed by atoms with van der Waals surface area (Å²) in [6.45, 7) is -0.133.